The Morgan fingerprint density at radius 3 is 2.65 bits per heavy atom. The predicted octanol–water partition coefficient (Wildman–Crippen LogP) is 3.61. The van der Waals surface area contributed by atoms with Crippen molar-refractivity contribution in [1.29, 1.82) is 0 Å². The number of alkyl halides is 3. The fourth-order valence-corrected chi connectivity index (χ4v) is 1.75. The Hall–Kier alpha value is -2.05. The highest BCUT2D eigenvalue weighted by Crippen LogP contribution is 2.31. The second-order valence-electron chi connectivity index (χ2n) is 4.26. The normalized spacial score (nSPS) is 11.6. The average Bonchev–Trinajstić information content (AvgIpc) is 2.88. The van der Waals surface area contributed by atoms with Crippen molar-refractivity contribution in [3.05, 3.63) is 47.8 Å². The van der Waals surface area contributed by atoms with E-state index in [9.17, 15) is 17.6 Å². The van der Waals surface area contributed by atoms with Crippen LogP contribution < -0.4 is 5.32 Å². The summed E-state index contributed by atoms with van der Waals surface area (Å²) in [6, 6.07) is 2.46. The molecule has 0 bridgehead atoms. The predicted molar refractivity (Wildman–Crippen MR) is 66.8 cm³/mol. The van der Waals surface area contributed by atoms with Gasteiger partial charge in [-0.25, -0.2) is 9.37 Å². The summed E-state index contributed by atoms with van der Waals surface area (Å²) >= 11 is 0. The van der Waals surface area contributed by atoms with Crippen molar-refractivity contribution in [3.63, 3.8) is 0 Å². The Balaban J connectivity index is 1.87. The molecule has 1 aromatic heterocycles. The molecule has 0 aliphatic rings. The molecule has 1 heterocycles. The highest BCUT2D eigenvalue weighted by Gasteiger charge is 2.31. The van der Waals surface area contributed by atoms with Crippen LogP contribution >= 0.6 is 0 Å². The number of aromatic amines is 1. The van der Waals surface area contributed by atoms with E-state index in [0.717, 1.165) is 18.0 Å². The Bertz CT molecular complexity index is 549. The maximum absolute atomic E-state index is 13.5. The van der Waals surface area contributed by atoms with Crippen molar-refractivity contribution >= 4 is 5.69 Å². The maximum atomic E-state index is 13.5. The molecule has 0 saturated heterocycles. The number of benzene rings is 1. The van der Waals surface area contributed by atoms with E-state index in [-0.39, 0.29) is 5.69 Å². The summed E-state index contributed by atoms with van der Waals surface area (Å²) in [6.45, 7) is 0.447. The van der Waals surface area contributed by atoms with Gasteiger partial charge in [0.05, 0.1) is 11.3 Å². The first-order chi connectivity index (χ1) is 9.47. The lowest BCUT2D eigenvalue weighted by molar-refractivity contribution is -0.137. The van der Waals surface area contributed by atoms with Crippen LogP contribution in [0.15, 0.2) is 30.6 Å². The van der Waals surface area contributed by atoms with Crippen LogP contribution in [0.2, 0.25) is 0 Å². The quantitative estimate of drug-likeness (QED) is 0.651. The molecule has 0 unspecified atom stereocenters. The molecule has 0 amide bonds. The summed E-state index contributed by atoms with van der Waals surface area (Å²) in [4.78, 5) is 6.97. The van der Waals surface area contributed by atoms with E-state index in [2.05, 4.69) is 15.3 Å². The zero-order valence-corrected chi connectivity index (χ0v) is 10.5. The van der Waals surface area contributed by atoms with Crippen LogP contribution in [0.5, 0.6) is 0 Å². The second-order valence-corrected chi connectivity index (χ2v) is 4.26. The third-order valence-corrected chi connectivity index (χ3v) is 2.76. The molecular formula is C13H13F4N3. The summed E-state index contributed by atoms with van der Waals surface area (Å²) in [7, 11) is 0. The molecule has 0 aliphatic carbocycles. The van der Waals surface area contributed by atoms with Gasteiger partial charge in [0, 0.05) is 25.4 Å². The molecule has 0 fully saturated rings. The van der Waals surface area contributed by atoms with Gasteiger partial charge in [0.25, 0.3) is 0 Å². The van der Waals surface area contributed by atoms with Gasteiger partial charge in [-0.3, -0.25) is 0 Å². The van der Waals surface area contributed by atoms with Gasteiger partial charge >= 0.3 is 6.18 Å². The number of rotatable bonds is 5. The molecule has 2 aromatic rings. The minimum Gasteiger partial charge on any atom is -0.383 e. The van der Waals surface area contributed by atoms with Crippen molar-refractivity contribution in [3.8, 4) is 0 Å². The standard InChI is InChI=1S/C13H13F4N3/c14-10-8-9(13(15,16)17)3-4-11(10)18-5-1-2-12-19-6-7-20-12/h3-4,6-8,18H,1-2,5H2,(H,19,20). The lowest BCUT2D eigenvalue weighted by atomic mass is 10.2. The molecule has 0 spiro atoms. The summed E-state index contributed by atoms with van der Waals surface area (Å²) in [6.07, 6.45) is 0.186. The van der Waals surface area contributed by atoms with Gasteiger partial charge in [-0.1, -0.05) is 0 Å². The fourth-order valence-electron chi connectivity index (χ4n) is 1.75. The molecule has 1 aromatic carbocycles. The molecule has 3 nitrogen and oxygen atoms in total. The molecule has 2 rings (SSSR count). The van der Waals surface area contributed by atoms with E-state index >= 15 is 0 Å². The first kappa shape index (κ1) is 14.4. The number of nitrogens with zero attached hydrogens (tertiary/aromatic N) is 1. The van der Waals surface area contributed by atoms with E-state index in [1.165, 1.54) is 0 Å². The van der Waals surface area contributed by atoms with Crippen LogP contribution in [0, 0.1) is 5.82 Å². The maximum Gasteiger partial charge on any atom is 0.416 e. The fraction of sp³-hybridized carbons (Fsp3) is 0.308. The second kappa shape index (κ2) is 5.94. The number of aryl methyl sites for hydroxylation is 1. The van der Waals surface area contributed by atoms with Crippen molar-refractivity contribution in [2.45, 2.75) is 19.0 Å². The van der Waals surface area contributed by atoms with E-state index in [1.54, 1.807) is 12.4 Å². The zero-order valence-electron chi connectivity index (χ0n) is 10.5. The topological polar surface area (TPSA) is 40.7 Å². The summed E-state index contributed by atoms with van der Waals surface area (Å²) in [5.74, 6) is -0.0856. The van der Waals surface area contributed by atoms with E-state index in [1.807, 2.05) is 0 Å². The van der Waals surface area contributed by atoms with Gasteiger partial charge in [0.1, 0.15) is 11.6 Å². The van der Waals surface area contributed by atoms with Crippen molar-refractivity contribution in [2.24, 2.45) is 0 Å². The van der Waals surface area contributed by atoms with E-state index in [4.69, 9.17) is 0 Å². The van der Waals surface area contributed by atoms with Crippen molar-refractivity contribution < 1.29 is 17.6 Å². The minimum atomic E-state index is -4.53. The third-order valence-electron chi connectivity index (χ3n) is 2.76. The van der Waals surface area contributed by atoms with Crippen LogP contribution in [0.1, 0.15) is 17.8 Å². The van der Waals surface area contributed by atoms with Crippen LogP contribution in [0.4, 0.5) is 23.2 Å². The molecule has 0 aliphatic heterocycles. The number of aromatic nitrogens is 2. The summed E-state index contributed by atoms with van der Waals surface area (Å²) in [5.41, 5.74) is -0.923. The van der Waals surface area contributed by atoms with Crippen LogP contribution in [0.3, 0.4) is 0 Å². The molecule has 2 N–H and O–H groups in total. The minimum absolute atomic E-state index is 0.0671. The number of halogens is 4. The van der Waals surface area contributed by atoms with Crippen LogP contribution in [-0.4, -0.2) is 16.5 Å². The monoisotopic (exact) mass is 287 g/mol. The lowest BCUT2D eigenvalue weighted by Gasteiger charge is -2.10. The van der Waals surface area contributed by atoms with Crippen molar-refractivity contribution in [2.75, 3.05) is 11.9 Å². The van der Waals surface area contributed by atoms with Gasteiger partial charge < -0.3 is 10.3 Å². The number of hydrogen-bond donors (Lipinski definition) is 2. The van der Waals surface area contributed by atoms with Gasteiger partial charge in [0.2, 0.25) is 0 Å². The highest BCUT2D eigenvalue weighted by atomic mass is 19.4. The van der Waals surface area contributed by atoms with Gasteiger partial charge in [-0.2, -0.15) is 13.2 Å². The Morgan fingerprint density at radius 2 is 2.05 bits per heavy atom. The van der Waals surface area contributed by atoms with Crippen molar-refractivity contribution in [1.82, 2.24) is 9.97 Å². The molecule has 0 atom stereocenters. The van der Waals surface area contributed by atoms with Crippen LogP contribution in [-0.2, 0) is 12.6 Å². The Labute approximate surface area is 113 Å². The number of hydrogen-bond acceptors (Lipinski definition) is 2. The van der Waals surface area contributed by atoms with E-state index < -0.39 is 17.6 Å². The molecule has 108 valence electrons. The molecule has 0 saturated carbocycles. The summed E-state index contributed by atoms with van der Waals surface area (Å²) in [5, 5.41) is 2.77. The first-order valence-electron chi connectivity index (χ1n) is 6.05. The highest BCUT2D eigenvalue weighted by molar-refractivity contribution is 5.46. The number of nitrogens with one attached hydrogen (secondary N) is 2. The first-order valence-corrected chi connectivity index (χ1v) is 6.05. The lowest BCUT2D eigenvalue weighted by Crippen LogP contribution is -2.08. The molecule has 0 radical (unpaired) electrons. The average molecular weight is 287 g/mol. The number of imidazole rings is 1. The molecular weight excluding hydrogens is 274 g/mol. The van der Waals surface area contributed by atoms with Gasteiger partial charge in [-0.15, -0.1) is 0 Å². The number of anilines is 1. The smallest absolute Gasteiger partial charge is 0.383 e. The van der Waals surface area contributed by atoms with Gasteiger partial charge in [0.15, 0.2) is 0 Å². The Kier molecular flexibility index (Phi) is 4.26. The molecule has 20 heavy (non-hydrogen) atoms. The zero-order chi connectivity index (χ0) is 14.6. The Morgan fingerprint density at radius 1 is 1.25 bits per heavy atom. The summed E-state index contributed by atoms with van der Waals surface area (Å²) < 4.78 is 50.6. The van der Waals surface area contributed by atoms with Gasteiger partial charge in [-0.05, 0) is 24.6 Å². The third kappa shape index (κ3) is 3.72. The number of H-pyrrole nitrogens is 1. The van der Waals surface area contributed by atoms with E-state index in [0.29, 0.717) is 25.5 Å². The van der Waals surface area contributed by atoms with Crippen LogP contribution in [0.25, 0.3) is 0 Å². The SMILES string of the molecule is Fc1cc(C(F)(F)F)ccc1NCCCc1ncc[nH]1. The largest absolute Gasteiger partial charge is 0.416 e. The molecule has 7 heteroatoms.